The second-order valence-corrected chi connectivity index (χ2v) is 6.42. The first-order chi connectivity index (χ1) is 12.9. The number of alkyl halides is 3. The molecule has 1 heterocycles. The van der Waals surface area contributed by atoms with E-state index < -0.39 is 11.7 Å². The van der Waals surface area contributed by atoms with E-state index in [-0.39, 0.29) is 5.75 Å². The van der Waals surface area contributed by atoms with Crippen molar-refractivity contribution in [3.8, 4) is 22.7 Å². The molecule has 0 unspecified atom stereocenters. The molecule has 0 saturated heterocycles. The van der Waals surface area contributed by atoms with Gasteiger partial charge in [-0.3, -0.25) is 0 Å². The molecule has 0 radical (unpaired) electrons. The maximum atomic E-state index is 12.9. The van der Waals surface area contributed by atoms with Gasteiger partial charge >= 0.3 is 6.18 Å². The number of nitrogens with zero attached hydrogens (tertiary/aromatic N) is 1. The van der Waals surface area contributed by atoms with E-state index >= 15 is 0 Å². The number of benzene rings is 3. The number of aromatic hydroxyl groups is 1. The molecule has 3 aromatic carbocycles. The minimum absolute atomic E-state index is 0.161. The summed E-state index contributed by atoms with van der Waals surface area (Å²) in [5.74, 6) is 0.161. The van der Waals surface area contributed by atoms with Crippen LogP contribution in [-0.2, 0) is 6.18 Å². The Morgan fingerprint density at radius 2 is 1.44 bits per heavy atom. The van der Waals surface area contributed by atoms with Gasteiger partial charge in [-0.25, -0.2) is 0 Å². The van der Waals surface area contributed by atoms with Crippen LogP contribution in [0.5, 0.6) is 5.75 Å². The van der Waals surface area contributed by atoms with E-state index in [1.165, 1.54) is 12.1 Å². The monoisotopic (exact) mass is 367 g/mol. The van der Waals surface area contributed by atoms with Crippen molar-refractivity contribution >= 4 is 10.9 Å². The van der Waals surface area contributed by atoms with Gasteiger partial charge < -0.3 is 9.67 Å². The van der Waals surface area contributed by atoms with Crippen molar-refractivity contribution in [2.24, 2.45) is 0 Å². The molecular formula is C22H16F3NO. The molecule has 0 spiro atoms. The van der Waals surface area contributed by atoms with Crippen LogP contribution in [0.2, 0.25) is 0 Å². The first kappa shape index (κ1) is 17.2. The van der Waals surface area contributed by atoms with Gasteiger partial charge in [0.1, 0.15) is 5.75 Å². The molecule has 0 saturated carbocycles. The normalized spacial score (nSPS) is 11.9. The van der Waals surface area contributed by atoms with Crippen molar-refractivity contribution in [1.82, 2.24) is 4.57 Å². The molecule has 0 aliphatic heterocycles. The van der Waals surface area contributed by atoms with Crippen LogP contribution in [-0.4, -0.2) is 9.67 Å². The van der Waals surface area contributed by atoms with E-state index in [1.54, 1.807) is 24.3 Å². The average Bonchev–Trinajstić information content (AvgIpc) is 2.95. The maximum Gasteiger partial charge on any atom is 0.416 e. The van der Waals surface area contributed by atoms with Gasteiger partial charge in [0.15, 0.2) is 0 Å². The third kappa shape index (κ3) is 2.95. The van der Waals surface area contributed by atoms with Gasteiger partial charge in [0, 0.05) is 11.1 Å². The third-order valence-electron chi connectivity index (χ3n) is 4.72. The van der Waals surface area contributed by atoms with Gasteiger partial charge in [-0.05, 0) is 72.6 Å². The van der Waals surface area contributed by atoms with Gasteiger partial charge in [0.2, 0.25) is 0 Å². The fourth-order valence-electron chi connectivity index (χ4n) is 3.43. The smallest absolute Gasteiger partial charge is 0.416 e. The van der Waals surface area contributed by atoms with Gasteiger partial charge in [0.05, 0.1) is 16.8 Å². The van der Waals surface area contributed by atoms with E-state index in [2.05, 4.69) is 0 Å². The van der Waals surface area contributed by atoms with Crippen molar-refractivity contribution in [3.63, 3.8) is 0 Å². The van der Waals surface area contributed by atoms with Crippen molar-refractivity contribution in [3.05, 3.63) is 83.9 Å². The number of aromatic nitrogens is 1. The zero-order chi connectivity index (χ0) is 19.2. The molecule has 4 rings (SSSR count). The lowest BCUT2D eigenvalue weighted by molar-refractivity contribution is -0.137. The standard InChI is InChI=1S/C22H16F3NO/c1-14-19-4-2-3-5-20(19)26(21(14)15-6-12-18(27)13-7-15)17-10-8-16(9-11-17)22(23,24)25/h2-13,27H,1H3. The predicted octanol–water partition coefficient (Wildman–Crippen LogP) is 6.33. The molecule has 0 fully saturated rings. The first-order valence-corrected chi connectivity index (χ1v) is 8.43. The average molecular weight is 367 g/mol. The molecule has 27 heavy (non-hydrogen) atoms. The summed E-state index contributed by atoms with van der Waals surface area (Å²) in [6.45, 7) is 1.99. The molecule has 0 atom stereocenters. The minimum Gasteiger partial charge on any atom is -0.508 e. The van der Waals surface area contributed by atoms with Gasteiger partial charge in [-0.2, -0.15) is 13.2 Å². The van der Waals surface area contributed by atoms with Gasteiger partial charge in [0.25, 0.3) is 0 Å². The molecule has 1 aromatic heterocycles. The summed E-state index contributed by atoms with van der Waals surface area (Å²) in [4.78, 5) is 0. The highest BCUT2D eigenvalue weighted by Gasteiger charge is 2.30. The second-order valence-electron chi connectivity index (χ2n) is 6.42. The predicted molar refractivity (Wildman–Crippen MR) is 100 cm³/mol. The van der Waals surface area contributed by atoms with Crippen LogP contribution in [0.4, 0.5) is 13.2 Å². The largest absolute Gasteiger partial charge is 0.508 e. The Hall–Kier alpha value is -3.21. The summed E-state index contributed by atoms with van der Waals surface area (Å²) < 4.78 is 40.7. The maximum absolute atomic E-state index is 12.9. The summed E-state index contributed by atoms with van der Waals surface area (Å²) in [5.41, 5.74) is 3.67. The number of phenols is 1. The number of para-hydroxylation sites is 1. The van der Waals surface area contributed by atoms with Crippen LogP contribution in [0.1, 0.15) is 11.1 Å². The molecule has 0 aliphatic carbocycles. The number of aryl methyl sites for hydroxylation is 1. The summed E-state index contributed by atoms with van der Waals surface area (Å²) in [5, 5.41) is 10.6. The van der Waals surface area contributed by atoms with E-state index in [9.17, 15) is 18.3 Å². The van der Waals surface area contributed by atoms with Crippen LogP contribution in [0.25, 0.3) is 27.8 Å². The van der Waals surface area contributed by atoms with Crippen LogP contribution < -0.4 is 0 Å². The van der Waals surface area contributed by atoms with Crippen molar-refractivity contribution in [2.45, 2.75) is 13.1 Å². The molecule has 0 aliphatic rings. The molecule has 2 nitrogen and oxygen atoms in total. The zero-order valence-electron chi connectivity index (χ0n) is 14.5. The molecule has 0 bridgehead atoms. The van der Waals surface area contributed by atoms with Crippen molar-refractivity contribution in [1.29, 1.82) is 0 Å². The van der Waals surface area contributed by atoms with E-state index in [1.807, 2.05) is 35.8 Å². The molecular weight excluding hydrogens is 351 g/mol. The number of phenolic OH excluding ortho intramolecular Hbond substituents is 1. The molecule has 0 amide bonds. The molecule has 1 N–H and O–H groups in total. The molecule has 136 valence electrons. The summed E-state index contributed by atoms with van der Waals surface area (Å²) in [7, 11) is 0. The molecule has 4 aromatic rings. The fourth-order valence-corrected chi connectivity index (χ4v) is 3.43. The topological polar surface area (TPSA) is 25.2 Å². The SMILES string of the molecule is Cc1c(-c2ccc(O)cc2)n(-c2ccc(C(F)(F)F)cc2)c2ccccc12. The number of rotatable bonds is 2. The first-order valence-electron chi connectivity index (χ1n) is 8.43. The summed E-state index contributed by atoms with van der Waals surface area (Å²) in [6.07, 6.45) is -4.37. The number of hydrogen-bond acceptors (Lipinski definition) is 1. The lowest BCUT2D eigenvalue weighted by atomic mass is 10.1. The van der Waals surface area contributed by atoms with Crippen LogP contribution in [0.15, 0.2) is 72.8 Å². The van der Waals surface area contributed by atoms with Gasteiger partial charge in [-0.15, -0.1) is 0 Å². The Morgan fingerprint density at radius 1 is 0.815 bits per heavy atom. The quantitative estimate of drug-likeness (QED) is 0.440. The van der Waals surface area contributed by atoms with Gasteiger partial charge in [-0.1, -0.05) is 18.2 Å². The highest BCUT2D eigenvalue weighted by Crippen LogP contribution is 2.37. The minimum atomic E-state index is -4.37. The Labute approximate surface area is 154 Å². The fraction of sp³-hybridized carbons (Fsp3) is 0.0909. The summed E-state index contributed by atoms with van der Waals surface area (Å²) in [6, 6.07) is 19.8. The zero-order valence-corrected chi connectivity index (χ0v) is 14.5. The van der Waals surface area contributed by atoms with Crippen LogP contribution in [0.3, 0.4) is 0 Å². The number of halogens is 3. The number of fused-ring (bicyclic) bond motifs is 1. The Morgan fingerprint density at radius 3 is 2.07 bits per heavy atom. The third-order valence-corrected chi connectivity index (χ3v) is 4.72. The lowest BCUT2D eigenvalue weighted by Gasteiger charge is -2.14. The molecule has 5 heteroatoms. The van der Waals surface area contributed by atoms with E-state index in [0.717, 1.165) is 39.9 Å². The summed E-state index contributed by atoms with van der Waals surface area (Å²) >= 11 is 0. The van der Waals surface area contributed by atoms with Crippen molar-refractivity contribution < 1.29 is 18.3 Å². The highest BCUT2D eigenvalue weighted by atomic mass is 19.4. The van der Waals surface area contributed by atoms with Crippen LogP contribution >= 0.6 is 0 Å². The second kappa shape index (κ2) is 6.20. The van der Waals surface area contributed by atoms with Crippen LogP contribution in [0, 0.1) is 6.92 Å². The Bertz CT molecular complexity index is 1110. The van der Waals surface area contributed by atoms with E-state index in [4.69, 9.17) is 0 Å². The Kier molecular flexibility index (Phi) is 3.95. The lowest BCUT2D eigenvalue weighted by Crippen LogP contribution is -2.05. The van der Waals surface area contributed by atoms with E-state index in [0.29, 0.717) is 5.69 Å². The number of hydrogen-bond donors (Lipinski definition) is 1. The highest BCUT2D eigenvalue weighted by molar-refractivity contribution is 5.93. The Balaban J connectivity index is 1.99. The van der Waals surface area contributed by atoms with Crippen molar-refractivity contribution in [2.75, 3.05) is 0 Å².